The van der Waals surface area contributed by atoms with Crippen molar-refractivity contribution in [1.29, 1.82) is 0 Å². The van der Waals surface area contributed by atoms with E-state index in [1.54, 1.807) is 0 Å². The van der Waals surface area contributed by atoms with Gasteiger partial charge in [-0.05, 0) is 39.0 Å². The van der Waals surface area contributed by atoms with E-state index in [1.165, 1.54) is 25.7 Å². The summed E-state index contributed by atoms with van der Waals surface area (Å²) in [6.07, 6.45) is 5.49. The van der Waals surface area contributed by atoms with Gasteiger partial charge in [-0.1, -0.05) is 47.0 Å². The molecular weight excluding hydrogens is 234 g/mol. The maximum Gasteiger partial charge on any atom is 0.0722 e. The average molecular weight is 271 g/mol. The molecule has 0 amide bonds. The van der Waals surface area contributed by atoms with Gasteiger partial charge in [0, 0.05) is 18.7 Å². The van der Waals surface area contributed by atoms with Crippen LogP contribution in [-0.2, 0) is 4.74 Å². The Morgan fingerprint density at radius 2 is 1.74 bits per heavy atom. The highest BCUT2D eigenvalue weighted by Crippen LogP contribution is 2.16. The zero-order valence-electron chi connectivity index (χ0n) is 14.4. The van der Waals surface area contributed by atoms with Crippen LogP contribution in [0.2, 0.25) is 0 Å². The van der Waals surface area contributed by atoms with Crippen molar-refractivity contribution < 1.29 is 4.74 Å². The second-order valence-corrected chi connectivity index (χ2v) is 7.16. The van der Waals surface area contributed by atoms with E-state index >= 15 is 0 Å². The lowest BCUT2D eigenvalue weighted by atomic mass is 10.00. The van der Waals surface area contributed by atoms with Gasteiger partial charge in [0.05, 0.1) is 6.10 Å². The van der Waals surface area contributed by atoms with Crippen molar-refractivity contribution in [2.45, 2.75) is 85.8 Å². The first-order valence-corrected chi connectivity index (χ1v) is 8.16. The number of nitrogens with one attached hydrogen (secondary N) is 1. The van der Waals surface area contributed by atoms with Gasteiger partial charge in [0.2, 0.25) is 0 Å². The van der Waals surface area contributed by atoms with Gasteiger partial charge in [-0.2, -0.15) is 0 Å². The molecule has 2 atom stereocenters. The number of rotatable bonds is 10. The summed E-state index contributed by atoms with van der Waals surface area (Å²) in [4.78, 5) is 0. The van der Waals surface area contributed by atoms with Crippen LogP contribution in [0.4, 0.5) is 0 Å². The van der Waals surface area contributed by atoms with Crippen molar-refractivity contribution in [3.05, 3.63) is 0 Å². The Hall–Kier alpha value is -0.0800. The quantitative estimate of drug-likeness (QED) is 0.625. The Bertz CT molecular complexity index is 208. The molecule has 0 aliphatic carbocycles. The van der Waals surface area contributed by atoms with E-state index in [2.05, 4.69) is 53.8 Å². The van der Waals surface area contributed by atoms with Crippen LogP contribution < -0.4 is 5.32 Å². The summed E-state index contributed by atoms with van der Waals surface area (Å²) >= 11 is 0. The Morgan fingerprint density at radius 3 is 2.16 bits per heavy atom. The maximum absolute atomic E-state index is 6.19. The third kappa shape index (κ3) is 10.4. The van der Waals surface area contributed by atoms with Gasteiger partial charge in [-0.15, -0.1) is 0 Å². The first-order valence-electron chi connectivity index (χ1n) is 8.16. The first kappa shape index (κ1) is 18.9. The van der Waals surface area contributed by atoms with Gasteiger partial charge in [-0.25, -0.2) is 0 Å². The maximum atomic E-state index is 6.19. The Balaban J connectivity index is 4.12. The predicted octanol–water partition coefficient (Wildman–Crippen LogP) is 4.63. The van der Waals surface area contributed by atoms with E-state index < -0.39 is 0 Å². The highest BCUT2D eigenvalue weighted by molar-refractivity contribution is 4.75. The number of hydrogen-bond donors (Lipinski definition) is 1. The standard InChI is InChI=1S/C17H37NO/c1-8-10-11-15(9-2)13-19-16(14(3)4)12-18-17(5,6)7/h14-16,18H,8-13H2,1-7H3. The largest absolute Gasteiger partial charge is 0.376 e. The van der Waals surface area contributed by atoms with Crippen LogP contribution in [0.5, 0.6) is 0 Å². The highest BCUT2D eigenvalue weighted by atomic mass is 16.5. The van der Waals surface area contributed by atoms with Gasteiger partial charge in [-0.3, -0.25) is 0 Å². The molecular formula is C17H37NO. The molecule has 0 bridgehead atoms. The third-order valence-electron chi connectivity index (χ3n) is 3.67. The summed E-state index contributed by atoms with van der Waals surface area (Å²) in [5, 5.41) is 3.56. The van der Waals surface area contributed by atoms with Crippen LogP contribution in [-0.4, -0.2) is 24.8 Å². The summed E-state index contributed by atoms with van der Waals surface area (Å²) < 4.78 is 6.19. The predicted molar refractivity (Wildman–Crippen MR) is 85.6 cm³/mol. The smallest absolute Gasteiger partial charge is 0.0722 e. The van der Waals surface area contributed by atoms with E-state index in [1.807, 2.05) is 0 Å². The summed E-state index contributed by atoms with van der Waals surface area (Å²) in [5.74, 6) is 1.30. The molecule has 0 radical (unpaired) electrons. The van der Waals surface area contributed by atoms with E-state index in [0.717, 1.165) is 19.1 Å². The van der Waals surface area contributed by atoms with Crippen LogP contribution in [0.25, 0.3) is 0 Å². The van der Waals surface area contributed by atoms with Gasteiger partial charge < -0.3 is 10.1 Å². The van der Waals surface area contributed by atoms with E-state index in [9.17, 15) is 0 Å². The van der Waals surface area contributed by atoms with Crippen LogP contribution in [0.3, 0.4) is 0 Å². The van der Waals surface area contributed by atoms with Crippen molar-refractivity contribution in [2.75, 3.05) is 13.2 Å². The molecule has 0 aliphatic heterocycles. The second kappa shape index (κ2) is 9.77. The molecule has 2 nitrogen and oxygen atoms in total. The van der Waals surface area contributed by atoms with Gasteiger partial charge >= 0.3 is 0 Å². The molecule has 0 saturated heterocycles. The van der Waals surface area contributed by atoms with E-state index in [0.29, 0.717) is 12.0 Å². The SMILES string of the molecule is CCCCC(CC)COC(CNC(C)(C)C)C(C)C. The van der Waals surface area contributed by atoms with Crippen LogP contribution in [0.15, 0.2) is 0 Å². The molecule has 0 spiro atoms. The summed E-state index contributed by atoms with van der Waals surface area (Å²) in [6.45, 7) is 17.5. The van der Waals surface area contributed by atoms with Crippen molar-refractivity contribution in [1.82, 2.24) is 5.32 Å². The van der Waals surface area contributed by atoms with Crippen LogP contribution >= 0.6 is 0 Å². The molecule has 116 valence electrons. The Kier molecular flexibility index (Phi) is 9.72. The summed E-state index contributed by atoms with van der Waals surface area (Å²) in [5.41, 5.74) is 0.170. The summed E-state index contributed by atoms with van der Waals surface area (Å²) in [6, 6.07) is 0. The van der Waals surface area contributed by atoms with Crippen molar-refractivity contribution >= 4 is 0 Å². The summed E-state index contributed by atoms with van der Waals surface area (Å²) in [7, 11) is 0. The minimum atomic E-state index is 0.170. The van der Waals surface area contributed by atoms with Crippen molar-refractivity contribution in [3.63, 3.8) is 0 Å². The molecule has 0 fully saturated rings. The lowest BCUT2D eigenvalue weighted by Gasteiger charge is -2.29. The molecule has 0 aromatic carbocycles. The van der Waals surface area contributed by atoms with Crippen LogP contribution in [0.1, 0.15) is 74.1 Å². The van der Waals surface area contributed by atoms with Crippen molar-refractivity contribution in [3.8, 4) is 0 Å². The molecule has 2 unspecified atom stereocenters. The minimum absolute atomic E-state index is 0.170. The van der Waals surface area contributed by atoms with Gasteiger partial charge in [0.1, 0.15) is 0 Å². The zero-order valence-corrected chi connectivity index (χ0v) is 14.4. The van der Waals surface area contributed by atoms with Crippen molar-refractivity contribution in [2.24, 2.45) is 11.8 Å². The second-order valence-electron chi connectivity index (χ2n) is 7.16. The van der Waals surface area contributed by atoms with Crippen LogP contribution in [0, 0.1) is 11.8 Å². The molecule has 0 aromatic rings. The number of hydrogen-bond acceptors (Lipinski definition) is 2. The molecule has 0 heterocycles. The monoisotopic (exact) mass is 271 g/mol. The normalized spacial score (nSPS) is 15.8. The highest BCUT2D eigenvalue weighted by Gasteiger charge is 2.19. The Morgan fingerprint density at radius 1 is 1.11 bits per heavy atom. The van der Waals surface area contributed by atoms with E-state index in [-0.39, 0.29) is 5.54 Å². The Labute approximate surface area is 121 Å². The fraction of sp³-hybridized carbons (Fsp3) is 1.00. The molecule has 0 rings (SSSR count). The number of unbranched alkanes of at least 4 members (excludes halogenated alkanes) is 1. The molecule has 2 heteroatoms. The average Bonchev–Trinajstić information content (AvgIpc) is 2.31. The first-order chi connectivity index (χ1) is 8.80. The van der Waals surface area contributed by atoms with Gasteiger partial charge in [0.15, 0.2) is 0 Å². The fourth-order valence-electron chi connectivity index (χ4n) is 2.05. The third-order valence-corrected chi connectivity index (χ3v) is 3.67. The van der Waals surface area contributed by atoms with Gasteiger partial charge in [0.25, 0.3) is 0 Å². The molecule has 0 aliphatic rings. The lowest BCUT2D eigenvalue weighted by molar-refractivity contribution is -0.00273. The number of ether oxygens (including phenoxy) is 1. The topological polar surface area (TPSA) is 21.3 Å². The zero-order chi connectivity index (χ0) is 14.9. The molecule has 0 aromatic heterocycles. The fourth-order valence-corrected chi connectivity index (χ4v) is 2.05. The lowest BCUT2D eigenvalue weighted by Crippen LogP contribution is -2.43. The molecule has 1 N–H and O–H groups in total. The minimum Gasteiger partial charge on any atom is -0.376 e. The molecule has 0 saturated carbocycles. The molecule has 19 heavy (non-hydrogen) atoms. The van der Waals surface area contributed by atoms with E-state index in [4.69, 9.17) is 4.74 Å².